The van der Waals surface area contributed by atoms with Gasteiger partial charge in [-0.2, -0.15) is 0 Å². The van der Waals surface area contributed by atoms with E-state index >= 15 is 0 Å². The molecular weight excluding hydrogens is 267 g/mol. The standard InChI is InChI=1S/C12H11FN4O3/c13-10-2-1-8(4-9(10)12(19)20)17-6-7(3-11(17)18)5-15-16-14/h1-2,4,7H,3,5-6H2,(H,19,20). The number of aromatic carboxylic acids is 1. The predicted octanol–water partition coefficient (Wildman–Crippen LogP) is 2.19. The summed E-state index contributed by atoms with van der Waals surface area (Å²) in [5, 5.41) is 12.3. The Balaban J connectivity index is 2.24. The molecule has 7 nitrogen and oxygen atoms in total. The van der Waals surface area contributed by atoms with E-state index in [2.05, 4.69) is 10.0 Å². The lowest BCUT2D eigenvalue weighted by Crippen LogP contribution is -2.25. The van der Waals surface area contributed by atoms with Crippen molar-refractivity contribution in [1.29, 1.82) is 0 Å². The molecule has 2 rings (SSSR count). The van der Waals surface area contributed by atoms with Crippen LogP contribution in [0.4, 0.5) is 10.1 Å². The number of azide groups is 1. The summed E-state index contributed by atoms with van der Waals surface area (Å²) in [6.45, 7) is 0.522. The fraction of sp³-hybridized carbons (Fsp3) is 0.333. The van der Waals surface area contributed by atoms with Gasteiger partial charge in [-0.3, -0.25) is 4.79 Å². The number of carboxylic acids is 1. The Morgan fingerprint density at radius 1 is 1.60 bits per heavy atom. The minimum absolute atomic E-state index is 0.114. The topological polar surface area (TPSA) is 106 Å². The van der Waals surface area contributed by atoms with E-state index in [1.54, 1.807) is 0 Å². The number of halogens is 1. The number of hydrogen-bond donors (Lipinski definition) is 1. The van der Waals surface area contributed by atoms with Crippen LogP contribution in [0.5, 0.6) is 0 Å². The Labute approximate surface area is 113 Å². The summed E-state index contributed by atoms with van der Waals surface area (Å²) in [4.78, 5) is 26.8. The van der Waals surface area contributed by atoms with Crippen molar-refractivity contribution in [2.24, 2.45) is 11.0 Å². The summed E-state index contributed by atoms with van der Waals surface area (Å²) in [6, 6.07) is 3.51. The molecule has 1 N–H and O–H groups in total. The molecule has 1 aliphatic rings. The average Bonchev–Trinajstić information content (AvgIpc) is 2.78. The highest BCUT2D eigenvalue weighted by atomic mass is 19.1. The number of carboxylic acid groups (broad SMARTS) is 1. The first-order valence-corrected chi connectivity index (χ1v) is 5.87. The van der Waals surface area contributed by atoms with Crippen LogP contribution in [0.15, 0.2) is 23.3 Å². The lowest BCUT2D eigenvalue weighted by Gasteiger charge is -2.17. The number of nitrogens with zero attached hydrogens (tertiary/aromatic N) is 4. The van der Waals surface area contributed by atoms with Crippen LogP contribution in [0.3, 0.4) is 0 Å². The summed E-state index contributed by atoms with van der Waals surface area (Å²) in [7, 11) is 0. The first-order chi connectivity index (χ1) is 9.52. The van der Waals surface area contributed by atoms with Gasteiger partial charge in [0, 0.05) is 30.1 Å². The lowest BCUT2D eigenvalue weighted by molar-refractivity contribution is -0.117. The van der Waals surface area contributed by atoms with Crippen molar-refractivity contribution >= 4 is 17.6 Å². The zero-order valence-electron chi connectivity index (χ0n) is 10.4. The van der Waals surface area contributed by atoms with E-state index in [-0.39, 0.29) is 24.8 Å². The van der Waals surface area contributed by atoms with Crippen molar-refractivity contribution in [2.45, 2.75) is 6.42 Å². The monoisotopic (exact) mass is 278 g/mol. The molecule has 1 amide bonds. The maximum atomic E-state index is 13.3. The van der Waals surface area contributed by atoms with Gasteiger partial charge in [-0.1, -0.05) is 5.11 Å². The zero-order valence-corrected chi connectivity index (χ0v) is 10.4. The van der Waals surface area contributed by atoms with Gasteiger partial charge < -0.3 is 10.0 Å². The van der Waals surface area contributed by atoms with Crippen LogP contribution in [0.25, 0.3) is 10.4 Å². The maximum absolute atomic E-state index is 13.3. The molecule has 0 aromatic heterocycles. The molecule has 1 aromatic carbocycles. The summed E-state index contributed by atoms with van der Waals surface area (Å²) >= 11 is 0. The summed E-state index contributed by atoms with van der Waals surface area (Å²) in [5.41, 5.74) is 8.11. The van der Waals surface area contributed by atoms with Gasteiger partial charge >= 0.3 is 5.97 Å². The van der Waals surface area contributed by atoms with E-state index < -0.39 is 17.3 Å². The van der Waals surface area contributed by atoms with E-state index in [1.807, 2.05) is 0 Å². The molecule has 0 radical (unpaired) electrons. The molecule has 0 bridgehead atoms. The van der Waals surface area contributed by atoms with Crippen LogP contribution in [-0.2, 0) is 4.79 Å². The fourth-order valence-electron chi connectivity index (χ4n) is 2.15. The number of amides is 1. The van der Waals surface area contributed by atoms with Crippen LogP contribution in [0, 0.1) is 11.7 Å². The Kier molecular flexibility index (Phi) is 3.86. The number of hydrogen-bond acceptors (Lipinski definition) is 3. The molecule has 20 heavy (non-hydrogen) atoms. The van der Waals surface area contributed by atoms with Gasteiger partial charge in [0.2, 0.25) is 5.91 Å². The first-order valence-electron chi connectivity index (χ1n) is 5.87. The molecule has 0 saturated carbocycles. The molecule has 1 heterocycles. The highest BCUT2D eigenvalue weighted by molar-refractivity contribution is 5.97. The number of anilines is 1. The van der Waals surface area contributed by atoms with E-state index in [9.17, 15) is 14.0 Å². The van der Waals surface area contributed by atoms with Gasteiger partial charge in [-0.15, -0.1) is 0 Å². The summed E-state index contributed by atoms with van der Waals surface area (Å²) < 4.78 is 13.3. The van der Waals surface area contributed by atoms with E-state index in [4.69, 9.17) is 10.6 Å². The van der Waals surface area contributed by atoms with Crippen LogP contribution < -0.4 is 4.90 Å². The minimum Gasteiger partial charge on any atom is -0.478 e. The van der Waals surface area contributed by atoms with Gasteiger partial charge in [0.25, 0.3) is 0 Å². The van der Waals surface area contributed by atoms with Gasteiger partial charge in [-0.25, -0.2) is 9.18 Å². The molecule has 1 saturated heterocycles. The molecule has 1 unspecified atom stereocenters. The van der Waals surface area contributed by atoms with Crippen LogP contribution in [0.1, 0.15) is 16.8 Å². The smallest absolute Gasteiger partial charge is 0.338 e. The molecule has 104 valence electrons. The van der Waals surface area contributed by atoms with Crippen molar-refractivity contribution in [3.63, 3.8) is 0 Å². The third kappa shape index (κ3) is 2.70. The van der Waals surface area contributed by atoms with Crippen molar-refractivity contribution < 1.29 is 19.1 Å². The molecule has 1 atom stereocenters. The second-order valence-electron chi connectivity index (χ2n) is 4.46. The van der Waals surface area contributed by atoms with E-state index in [0.29, 0.717) is 12.2 Å². The largest absolute Gasteiger partial charge is 0.478 e. The van der Waals surface area contributed by atoms with Crippen LogP contribution in [-0.4, -0.2) is 30.1 Å². The number of benzene rings is 1. The van der Waals surface area contributed by atoms with Crippen LogP contribution >= 0.6 is 0 Å². The summed E-state index contributed by atoms with van der Waals surface area (Å²) in [6.07, 6.45) is 0.221. The molecule has 1 aromatic rings. The zero-order chi connectivity index (χ0) is 14.7. The number of rotatable bonds is 4. The SMILES string of the molecule is [N-]=[N+]=NCC1CC(=O)N(c2ccc(F)c(C(=O)O)c2)C1. The number of carbonyl (C=O) groups is 2. The second-order valence-corrected chi connectivity index (χ2v) is 4.46. The lowest BCUT2D eigenvalue weighted by atomic mass is 10.1. The first kappa shape index (κ1) is 13.8. The van der Waals surface area contributed by atoms with Crippen LogP contribution in [0.2, 0.25) is 0 Å². The quantitative estimate of drug-likeness (QED) is 0.518. The van der Waals surface area contributed by atoms with Gasteiger partial charge in [0.1, 0.15) is 5.82 Å². The maximum Gasteiger partial charge on any atom is 0.338 e. The van der Waals surface area contributed by atoms with Gasteiger partial charge in [-0.05, 0) is 29.6 Å². The van der Waals surface area contributed by atoms with Crippen molar-refractivity contribution in [1.82, 2.24) is 0 Å². The van der Waals surface area contributed by atoms with Crippen molar-refractivity contribution in [3.05, 3.63) is 40.0 Å². The van der Waals surface area contributed by atoms with E-state index in [0.717, 1.165) is 12.1 Å². The van der Waals surface area contributed by atoms with Gasteiger partial charge in [0.05, 0.1) is 5.56 Å². The molecular formula is C12H11FN4O3. The average molecular weight is 278 g/mol. The molecule has 0 aliphatic carbocycles. The Morgan fingerprint density at radius 2 is 2.35 bits per heavy atom. The van der Waals surface area contributed by atoms with Gasteiger partial charge in [0.15, 0.2) is 0 Å². The fourth-order valence-corrected chi connectivity index (χ4v) is 2.15. The normalized spacial score (nSPS) is 17.9. The minimum atomic E-state index is -1.39. The number of carbonyl (C=O) groups excluding carboxylic acids is 1. The Bertz CT molecular complexity index is 613. The predicted molar refractivity (Wildman–Crippen MR) is 67.8 cm³/mol. The Hall–Kier alpha value is -2.60. The van der Waals surface area contributed by atoms with E-state index in [1.165, 1.54) is 11.0 Å². The van der Waals surface area contributed by atoms with Crippen molar-refractivity contribution in [3.8, 4) is 0 Å². The Morgan fingerprint density at radius 3 is 3.00 bits per heavy atom. The second kappa shape index (κ2) is 5.58. The highest BCUT2D eigenvalue weighted by Gasteiger charge is 2.30. The third-order valence-electron chi connectivity index (χ3n) is 3.10. The highest BCUT2D eigenvalue weighted by Crippen LogP contribution is 2.27. The third-order valence-corrected chi connectivity index (χ3v) is 3.10. The molecule has 1 aliphatic heterocycles. The molecule has 0 spiro atoms. The van der Waals surface area contributed by atoms with Crippen molar-refractivity contribution in [2.75, 3.05) is 18.0 Å². The summed E-state index contributed by atoms with van der Waals surface area (Å²) in [5.74, 6) is -2.55. The molecule has 1 fully saturated rings. The molecule has 8 heteroatoms.